The molecule has 2 nitrogen and oxygen atoms in total. The second-order valence-electron chi connectivity index (χ2n) is 6.40. The summed E-state index contributed by atoms with van der Waals surface area (Å²) in [5.41, 5.74) is 1.69. The lowest BCUT2D eigenvalue weighted by molar-refractivity contribution is 0.235. The molecular weight excluding hydrogens is 260 g/mol. The van der Waals surface area contributed by atoms with E-state index in [4.69, 9.17) is 4.98 Å². The molecule has 1 atom stereocenters. The van der Waals surface area contributed by atoms with Crippen LogP contribution in [0.2, 0.25) is 0 Å². The molecule has 1 aliphatic heterocycles. The molecule has 4 heteroatoms. The van der Waals surface area contributed by atoms with Gasteiger partial charge in [-0.25, -0.2) is 4.98 Å². The summed E-state index contributed by atoms with van der Waals surface area (Å²) < 4.78 is 0. The average Bonchev–Trinajstić information content (AvgIpc) is 2.77. The van der Waals surface area contributed by atoms with E-state index in [2.05, 4.69) is 57.2 Å². The van der Waals surface area contributed by atoms with Gasteiger partial charge in [0.1, 0.15) is 5.01 Å². The molecule has 1 aliphatic rings. The third kappa shape index (κ3) is 2.75. The summed E-state index contributed by atoms with van der Waals surface area (Å²) in [5.74, 6) is 2.91. The normalized spacial score (nSPS) is 27.7. The molecule has 1 N–H and O–H groups in total. The highest BCUT2D eigenvalue weighted by molar-refractivity contribution is 7.99. The second-order valence-corrected chi connectivity index (χ2v) is 8.24. The molecular formula is C14H24N2S2. The topological polar surface area (TPSA) is 24.9 Å². The molecule has 1 aromatic rings. The maximum atomic E-state index is 4.88. The van der Waals surface area contributed by atoms with Crippen molar-refractivity contribution in [3.8, 4) is 0 Å². The molecule has 0 spiro atoms. The van der Waals surface area contributed by atoms with Crippen molar-refractivity contribution in [2.45, 2.75) is 45.6 Å². The van der Waals surface area contributed by atoms with E-state index in [0.717, 1.165) is 5.75 Å². The molecule has 2 rings (SSSR count). The first kappa shape index (κ1) is 14.4. The van der Waals surface area contributed by atoms with Crippen LogP contribution in [0.1, 0.15) is 50.7 Å². The molecule has 1 saturated heterocycles. The van der Waals surface area contributed by atoms with Gasteiger partial charge in [-0.1, -0.05) is 27.7 Å². The van der Waals surface area contributed by atoms with E-state index in [-0.39, 0.29) is 5.54 Å². The smallest absolute Gasteiger partial charge is 0.114 e. The van der Waals surface area contributed by atoms with Gasteiger partial charge in [0.25, 0.3) is 0 Å². The highest BCUT2D eigenvalue weighted by atomic mass is 32.2. The van der Waals surface area contributed by atoms with Crippen LogP contribution < -0.4 is 5.32 Å². The Morgan fingerprint density at radius 3 is 2.56 bits per heavy atom. The first-order valence-electron chi connectivity index (χ1n) is 6.61. The number of hydrogen-bond acceptors (Lipinski definition) is 4. The molecule has 1 unspecified atom stereocenters. The fourth-order valence-electron chi connectivity index (χ4n) is 2.60. The van der Waals surface area contributed by atoms with E-state index in [1.165, 1.54) is 22.9 Å². The van der Waals surface area contributed by atoms with Crippen molar-refractivity contribution in [2.75, 3.05) is 18.6 Å². The standard InChI is InChI=1S/C14H24N2S2/c1-10(2)11-6-18-12(16-11)14(15-5)7-13(3,4)8-17-9-14/h6,10,15H,7-9H2,1-5H3. The zero-order valence-corrected chi connectivity index (χ0v) is 13.7. The predicted molar refractivity (Wildman–Crippen MR) is 82.7 cm³/mol. The van der Waals surface area contributed by atoms with Gasteiger partial charge < -0.3 is 5.32 Å². The molecule has 0 radical (unpaired) electrons. The number of aromatic nitrogens is 1. The summed E-state index contributed by atoms with van der Waals surface area (Å²) in [6.45, 7) is 9.15. The monoisotopic (exact) mass is 284 g/mol. The number of thiazole rings is 1. The minimum absolute atomic E-state index is 0.0736. The van der Waals surface area contributed by atoms with Gasteiger partial charge in [0.2, 0.25) is 0 Å². The van der Waals surface area contributed by atoms with E-state index < -0.39 is 0 Å². The lowest BCUT2D eigenvalue weighted by Crippen LogP contribution is -2.49. The third-order valence-electron chi connectivity index (χ3n) is 3.62. The minimum Gasteiger partial charge on any atom is -0.308 e. The van der Waals surface area contributed by atoms with Crippen molar-refractivity contribution in [3.05, 3.63) is 16.1 Å². The Labute approximate surface area is 119 Å². The summed E-state index contributed by atoms with van der Waals surface area (Å²) in [6, 6.07) is 0. The van der Waals surface area contributed by atoms with Crippen LogP contribution in [0.25, 0.3) is 0 Å². The van der Waals surface area contributed by atoms with E-state index in [9.17, 15) is 0 Å². The van der Waals surface area contributed by atoms with Crippen molar-refractivity contribution in [1.29, 1.82) is 0 Å². The highest BCUT2D eigenvalue weighted by Gasteiger charge is 2.42. The third-order valence-corrected chi connectivity index (χ3v) is 6.37. The maximum Gasteiger partial charge on any atom is 0.114 e. The molecule has 1 aromatic heterocycles. The van der Waals surface area contributed by atoms with Crippen molar-refractivity contribution in [1.82, 2.24) is 10.3 Å². The molecule has 2 heterocycles. The number of hydrogen-bond donors (Lipinski definition) is 1. The maximum absolute atomic E-state index is 4.88. The van der Waals surface area contributed by atoms with Crippen LogP contribution in [0.15, 0.2) is 5.38 Å². The van der Waals surface area contributed by atoms with Gasteiger partial charge in [0.15, 0.2) is 0 Å². The van der Waals surface area contributed by atoms with Crippen LogP contribution in [-0.2, 0) is 5.54 Å². The van der Waals surface area contributed by atoms with Gasteiger partial charge in [-0.15, -0.1) is 11.3 Å². The van der Waals surface area contributed by atoms with Crippen LogP contribution >= 0.6 is 23.1 Å². The van der Waals surface area contributed by atoms with E-state index in [1.54, 1.807) is 0 Å². The molecule has 0 amide bonds. The Kier molecular flexibility index (Phi) is 4.10. The Morgan fingerprint density at radius 1 is 1.33 bits per heavy atom. The van der Waals surface area contributed by atoms with Crippen LogP contribution in [0.5, 0.6) is 0 Å². The average molecular weight is 284 g/mol. The lowest BCUT2D eigenvalue weighted by atomic mass is 9.80. The van der Waals surface area contributed by atoms with Crippen LogP contribution in [0, 0.1) is 5.41 Å². The van der Waals surface area contributed by atoms with E-state index in [0.29, 0.717) is 11.3 Å². The van der Waals surface area contributed by atoms with Crippen LogP contribution in [-0.4, -0.2) is 23.5 Å². The van der Waals surface area contributed by atoms with Gasteiger partial charge >= 0.3 is 0 Å². The molecule has 0 bridgehead atoms. The minimum atomic E-state index is 0.0736. The fourth-order valence-corrected chi connectivity index (χ4v) is 5.36. The first-order chi connectivity index (χ1) is 8.38. The van der Waals surface area contributed by atoms with Crippen molar-refractivity contribution < 1.29 is 0 Å². The molecule has 0 aliphatic carbocycles. The summed E-state index contributed by atoms with van der Waals surface area (Å²) in [6.07, 6.45) is 1.18. The van der Waals surface area contributed by atoms with Crippen molar-refractivity contribution in [3.63, 3.8) is 0 Å². The summed E-state index contributed by atoms with van der Waals surface area (Å²) in [7, 11) is 2.08. The molecule has 102 valence electrons. The number of nitrogens with zero attached hydrogens (tertiary/aromatic N) is 1. The first-order valence-corrected chi connectivity index (χ1v) is 8.65. The van der Waals surface area contributed by atoms with E-state index in [1.807, 2.05) is 11.3 Å². The number of nitrogens with one attached hydrogen (secondary N) is 1. The zero-order chi connectivity index (χ0) is 13.4. The summed E-state index contributed by atoms with van der Waals surface area (Å²) in [4.78, 5) is 4.88. The van der Waals surface area contributed by atoms with Gasteiger partial charge in [-0.3, -0.25) is 0 Å². The lowest BCUT2D eigenvalue weighted by Gasteiger charge is -2.43. The largest absolute Gasteiger partial charge is 0.308 e. The fraction of sp³-hybridized carbons (Fsp3) is 0.786. The van der Waals surface area contributed by atoms with E-state index >= 15 is 0 Å². The van der Waals surface area contributed by atoms with Crippen molar-refractivity contribution >= 4 is 23.1 Å². The van der Waals surface area contributed by atoms with Gasteiger partial charge in [-0.2, -0.15) is 11.8 Å². The van der Waals surface area contributed by atoms with Crippen molar-refractivity contribution in [2.24, 2.45) is 5.41 Å². The zero-order valence-electron chi connectivity index (χ0n) is 12.0. The Balaban J connectivity index is 2.31. The van der Waals surface area contributed by atoms with Gasteiger partial charge in [0.05, 0.1) is 11.2 Å². The Bertz CT molecular complexity index is 412. The Hall–Kier alpha value is -0.0600. The summed E-state index contributed by atoms with van der Waals surface area (Å²) >= 11 is 3.87. The number of rotatable bonds is 3. The summed E-state index contributed by atoms with van der Waals surface area (Å²) in [5, 5.41) is 7.07. The predicted octanol–water partition coefficient (Wildman–Crippen LogP) is 3.84. The molecule has 18 heavy (non-hydrogen) atoms. The Morgan fingerprint density at radius 2 is 2.06 bits per heavy atom. The SMILES string of the molecule is CNC1(c2nc(C(C)C)cs2)CSCC(C)(C)C1. The molecule has 1 fully saturated rings. The quantitative estimate of drug-likeness (QED) is 0.913. The molecule has 0 aromatic carbocycles. The van der Waals surface area contributed by atoms with Gasteiger partial charge in [-0.05, 0) is 30.6 Å². The van der Waals surface area contributed by atoms with Crippen LogP contribution in [0.4, 0.5) is 0 Å². The second kappa shape index (κ2) is 5.14. The van der Waals surface area contributed by atoms with Crippen LogP contribution in [0.3, 0.4) is 0 Å². The van der Waals surface area contributed by atoms with Gasteiger partial charge in [0, 0.05) is 11.1 Å². The molecule has 0 saturated carbocycles. The highest BCUT2D eigenvalue weighted by Crippen LogP contribution is 2.45. The number of thioether (sulfide) groups is 1.